The predicted molar refractivity (Wildman–Crippen MR) is 73.7 cm³/mol. The van der Waals surface area contributed by atoms with Crippen LogP contribution >= 0.6 is 0 Å². The van der Waals surface area contributed by atoms with Crippen LogP contribution in [0.5, 0.6) is 0 Å². The van der Waals surface area contributed by atoms with E-state index < -0.39 is 8.07 Å². The minimum Gasteiger partial charge on any atom is -0.295 e. The highest BCUT2D eigenvalue weighted by molar-refractivity contribution is 6.77. The molecule has 2 heteroatoms. The molecule has 0 aromatic rings. The first-order valence-electron chi connectivity index (χ1n) is 6.85. The third kappa shape index (κ3) is 1.60. The van der Waals surface area contributed by atoms with Crippen LogP contribution in [0.2, 0.25) is 25.2 Å². The lowest BCUT2D eigenvalue weighted by atomic mass is 9.80. The van der Waals surface area contributed by atoms with Gasteiger partial charge in [-0.2, -0.15) is 0 Å². The second-order valence-corrected chi connectivity index (χ2v) is 12.7. The number of allylic oxidation sites excluding steroid dienone is 4. The lowest BCUT2D eigenvalue weighted by Crippen LogP contribution is -2.30. The summed E-state index contributed by atoms with van der Waals surface area (Å²) in [5.41, 5.74) is 2.31. The van der Waals surface area contributed by atoms with E-state index in [4.69, 9.17) is 0 Å². The van der Waals surface area contributed by atoms with Crippen LogP contribution in [-0.4, -0.2) is 13.9 Å². The first-order chi connectivity index (χ1) is 7.92. The highest BCUT2D eigenvalue weighted by Gasteiger charge is 2.54. The molecule has 1 spiro atoms. The van der Waals surface area contributed by atoms with E-state index in [0.717, 1.165) is 29.9 Å². The van der Waals surface area contributed by atoms with Gasteiger partial charge in [-0.3, -0.25) is 4.79 Å². The molecule has 0 aliphatic heterocycles. The maximum Gasteiger partial charge on any atom is 0.159 e. The van der Waals surface area contributed by atoms with Crippen LogP contribution in [-0.2, 0) is 4.79 Å². The standard InChI is InChI=1S/C15H22OSi/c1-17(2,3)14-10-15-8-7-13(16)12(15)6-4-5-11(14)9-15/h4-6,11,14H,7-10H2,1-3H3. The van der Waals surface area contributed by atoms with Crippen LogP contribution < -0.4 is 0 Å². The first-order valence-corrected chi connectivity index (χ1v) is 10.4. The summed E-state index contributed by atoms with van der Waals surface area (Å²) in [6.07, 6.45) is 11.1. The van der Waals surface area contributed by atoms with Gasteiger partial charge in [0.15, 0.2) is 5.78 Å². The molecular formula is C15H22OSi. The fourth-order valence-electron chi connectivity index (χ4n) is 4.31. The van der Waals surface area contributed by atoms with Crippen molar-refractivity contribution in [3.8, 4) is 0 Å². The maximum absolute atomic E-state index is 12.0. The summed E-state index contributed by atoms with van der Waals surface area (Å²) in [5.74, 6) is 1.16. The molecule has 0 saturated heterocycles. The molecule has 0 N–H and O–H groups in total. The molecule has 0 heterocycles. The van der Waals surface area contributed by atoms with Crippen molar-refractivity contribution < 1.29 is 4.79 Å². The molecule has 2 bridgehead atoms. The van der Waals surface area contributed by atoms with Crippen LogP contribution in [0.25, 0.3) is 0 Å². The number of hydrogen-bond acceptors (Lipinski definition) is 1. The Bertz CT molecular complexity index is 427. The molecule has 3 aliphatic carbocycles. The Morgan fingerprint density at radius 1 is 1.29 bits per heavy atom. The Balaban J connectivity index is 2.02. The number of ketones is 1. The number of fused-ring (bicyclic) bond motifs is 1. The van der Waals surface area contributed by atoms with Crippen molar-refractivity contribution in [3.05, 3.63) is 23.8 Å². The van der Waals surface area contributed by atoms with E-state index in [1.165, 1.54) is 12.8 Å². The zero-order chi connectivity index (χ0) is 12.3. The van der Waals surface area contributed by atoms with Crippen molar-refractivity contribution in [2.24, 2.45) is 11.3 Å². The quantitative estimate of drug-likeness (QED) is 0.640. The first kappa shape index (κ1) is 11.5. The zero-order valence-corrected chi connectivity index (χ0v) is 12.1. The van der Waals surface area contributed by atoms with E-state index in [0.29, 0.717) is 5.78 Å². The van der Waals surface area contributed by atoms with E-state index in [1.54, 1.807) is 0 Å². The van der Waals surface area contributed by atoms with Crippen LogP contribution in [0, 0.1) is 11.3 Å². The largest absolute Gasteiger partial charge is 0.295 e. The average molecular weight is 246 g/mol. The number of hydrogen-bond donors (Lipinski definition) is 0. The van der Waals surface area contributed by atoms with Crippen molar-refractivity contribution >= 4 is 13.9 Å². The predicted octanol–water partition coefficient (Wildman–Crippen LogP) is 3.95. The number of Topliss-reactive ketones (excluding diaryl/α,β-unsaturated/α-hetero) is 1. The van der Waals surface area contributed by atoms with Gasteiger partial charge in [-0.25, -0.2) is 0 Å². The molecule has 3 aliphatic rings. The van der Waals surface area contributed by atoms with Crippen molar-refractivity contribution in [2.45, 2.75) is 50.9 Å². The molecule has 0 aromatic heterocycles. The lowest BCUT2D eigenvalue weighted by molar-refractivity contribution is -0.114. The van der Waals surface area contributed by atoms with Gasteiger partial charge in [0.05, 0.1) is 0 Å². The van der Waals surface area contributed by atoms with Crippen LogP contribution in [0.1, 0.15) is 25.7 Å². The molecule has 92 valence electrons. The molecule has 3 atom stereocenters. The van der Waals surface area contributed by atoms with Gasteiger partial charge >= 0.3 is 0 Å². The summed E-state index contributed by atoms with van der Waals surface area (Å²) >= 11 is 0. The van der Waals surface area contributed by atoms with Gasteiger partial charge in [0.1, 0.15) is 0 Å². The van der Waals surface area contributed by atoms with Gasteiger partial charge in [-0.1, -0.05) is 37.9 Å². The highest BCUT2D eigenvalue weighted by atomic mass is 28.3. The number of rotatable bonds is 1. The lowest BCUT2D eigenvalue weighted by Gasteiger charge is -2.31. The molecule has 3 rings (SSSR count). The fraction of sp³-hybridized carbons (Fsp3) is 0.667. The van der Waals surface area contributed by atoms with Gasteiger partial charge in [-0.15, -0.1) is 0 Å². The molecule has 2 fully saturated rings. The Morgan fingerprint density at radius 2 is 2.06 bits per heavy atom. The van der Waals surface area contributed by atoms with E-state index in [1.807, 2.05) is 0 Å². The van der Waals surface area contributed by atoms with Gasteiger partial charge in [-0.05, 0) is 36.1 Å². The number of carbonyl (C=O) groups excluding carboxylic acids is 1. The van der Waals surface area contributed by atoms with E-state index in [2.05, 4.69) is 37.9 Å². The molecule has 0 aromatic carbocycles. The van der Waals surface area contributed by atoms with Gasteiger partial charge in [0.25, 0.3) is 0 Å². The smallest absolute Gasteiger partial charge is 0.159 e. The van der Waals surface area contributed by atoms with Crippen LogP contribution in [0.3, 0.4) is 0 Å². The van der Waals surface area contributed by atoms with Gasteiger partial charge in [0, 0.05) is 20.1 Å². The molecule has 3 unspecified atom stereocenters. The normalized spacial score (nSPS) is 40.2. The van der Waals surface area contributed by atoms with Crippen molar-refractivity contribution in [2.75, 3.05) is 0 Å². The van der Waals surface area contributed by atoms with E-state index in [-0.39, 0.29) is 5.41 Å². The Morgan fingerprint density at radius 3 is 2.76 bits per heavy atom. The van der Waals surface area contributed by atoms with Gasteiger partial charge in [0.2, 0.25) is 0 Å². The topological polar surface area (TPSA) is 17.1 Å². The molecule has 0 amide bonds. The summed E-state index contributed by atoms with van der Waals surface area (Å²) in [4.78, 5) is 12.0. The summed E-state index contributed by atoms with van der Waals surface area (Å²) in [7, 11) is -1.11. The molecule has 2 saturated carbocycles. The Kier molecular flexibility index (Phi) is 2.32. The molecular weight excluding hydrogens is 224 g/mol. The van der Waals surface area contributed by atoms with Crippen LogP contribution in [0.4, 0.5) is 0 Å². The monoisotopic (exact) mass is 246 g/mol. The van der Waals surface area contributed by atoms with Crippen molar-refractivity contribution in [1.29, 1.82) is 0 Å². The summed E-state index contributed by atoms with van der Waals surface area (Å²) in [5, 5.41) is 0. The molecule has 1 nitrogen and oxygen atoms in total. The van der Waals surface area contributed by atoms with Gasteiger partial charge < -0.3 is 0 Å². The summed E-state index contributed by atoms with van der Waals surface area (Å²) in [6, 6.07) is 0. The summed E-state index contributed by atoms with van der Waals surface area (Å²) < 4.78 is 0. The third-order valence-corrected chi connectivity index (χ3v) is 8.05. The van der Waals surface area contributed by atoms with Crippen LogP contribution in [0.15, 0.2) is 23.8 Å². The molecule has 0 radical (unpaired) electrons. The Hall–Kier alpha value is -0.633. The Labute approximate surface area is 105 Å². The second-order valence-electron chi connectivity index (χ2n) is 7.21. The number of carbonyl (C=O) groups is 1. The zero-order valence-electron chi connectivity index (χ0n) is 11.1. The van der Waals surface area contributed by atoms with E-state index in [9.17, 15) is 4.79 Å². The van der Waals surface area contributed by atoms with Crippen molar-refractivity contribution in [3.63, 3.8) is 0 Å². The summed E-state index contributed by atoms with van der Waals surface area (Å²) in [6.45, 7) is 7.46. The highest BCUT2D eigenvalue weighted by Crippen LogP contribution is 2.62. The molecule has 17 heavy (non-hydrogen) atoms. The van der Waals surface area contributed by atoms with E-state index >= 15 is 0 Å². The average Bonchev–Trinajstić information content (AvgIpc) is 2.64. The minimum absolute atomic E-state index is 0.274. The minimum atomic E-state index is -1.11. The van der Waals surface area contributed by atoms with Crippen molar-refractivity contribution in [1.82, 2.24) is 0 Å². The maximum atomic E-state index is 12.0. The third-order valence-electron chi connectivity index (χ3n) is 5.19. The SMILES string of the molecule is C[Si](C)(C)C1CC23CCC(=O)C2=CC=CC1C3. The fourth-order valence-corrected chi connectivity index (χ4v) is 6.82. The second kappa shape index (κ2) is 3.44.